The second-order valence-electron chi connectivity index (χ2n) is 12.7. The number of benzene rings is 3. The van der Waals surface area contributed by atoms with E-state index in [9.17, 15) is 20.1 Å². The summed E-state index contributed by atoms with van der Waals surface area (Å²) in [6.07, 6.45) is -2.15. The number of aliphatic hydroxyl groups excluding tert-OH is 3. The standard InChI is InChI=1S/C37H42N8O5/c46-22-29-32(47)33(48)36(50-29)45-23-41-31-34(39-19-28(25-10-3-1-4-11-25)26-12-5-2-6-13-26)42-30(43-35(31)45)20-40-37(49)38-16-18-44-17-15-24-9-7-8-14-27(24)21-44/h1-14,23,28-29,32-33,36,46-48H,15-22H2,(H2,38,40,49)(H,39,42,43). The van der Waals surface area contributed by atoms with Crippen LogP contribution in [0.4, 0.5) is 10.6 Å². The Kier molecular flexibility index (Phi) is 10.3. The molecule has 2 aromatic heterocycles. The predicted molar refractivity (Wildman–Crippen MR) is 187 cm³/mol. The number of aliphatic hydroxyl groups is 3. The highest BCUT2D eigenvalue weighted by Crippen LogP contribution is 2.33. The van der Waals surface area contributed by atoms with Crippen LogP contribution in [-0.2, 0) is 24.2 Å². The molecule has 0 radical (unpaired) electrons. The number of fused-ring (bicyclic) bond motifs is 2. The van der Waals surface area contributed by atoms with Gasteiger partial charge in [-0.3, -0.25) is 9.47 Å². The van der Waals surface area contributed by atoms with Crippen molar-refractivity contribution in [1.82, 2.24) is 35.1 Å². The third-order valence-electron chi connectivity index (χ3n) is 9.47. The molecule has 0 saturated carbocycles. The lowest BCUT2D eigenvalue weighted by atomic mass is 9.91. The summed E-state index contributed by atoms with van der Waals surface area (Å²) in [5.41, 5.74) is 5.74. The number of hydrogen-bond donors (Lipinski definition) is 6. The van der Waals surface area contributed by atoms with Gasteiger partial charge in [-0.25, -0.2) is 19.7 Å². The number of amides is 2. The number of urea groups is 1. The van der Waals surface area contributed by atoms with E-state index in [-0.39, 0.29) is 18.5 Å². The maximum absolute atomic E-state index is 12.9. The van der Waals surface area contributed by atoms with Gasteiger partial charge >= 0.3 is 6.03 Å². The molecule has 5 aromatic rings. The van der Waals surface area contributed by atoms with E-state index in [1.807, 2.05) is 36.4 Å². The van der Waals surface area contributed by atoms with Gasteiger partial charge in [-0.05, 0) is 28.7 Å². The molecule has 13 heteroatoms. The number of nitrogens with one attached hydrogen (secondary N) is 3. The number of hydrogen-bond acceptors (Lipinski definition) is 10. The molecule has 0 spiro atoms. The Balaban J connectivity index is 1.08. The summed E-state index contributed by atoms with van der Waals surface area (Å²) in [6.45, 7) is 3.07. The number of aromatic nitrogens is 4. The Morgan fingerprint density at radius 2 is 1.60 bits per heavy atom. The molecule has 6 N–H and O–H groups in total. The second-order valence-corrected chi connectivity index (χ2v) is 12.7. The molecule has 13 nitrogen and oxygen atoms in total. The smallest absolute Gasteiger partial charge is 0.315 e. The van der Waals surface area contributed by atoms with Gasteiger partial charge in [-0.1, -0.05) is 84.9 Å². The van der Waals surface area contributed by atoms with E-state index in [0.717, 1.165) is 37.2 Å². The van der Waals surface area contributed by atoms with Crippen LogP contribution < -0.4 is 16.0 Å². The maximum atomic E-state index is 12.9. The molecule has 4 unspecified atom stereocenters. The first-order valence-corrected chi connectivity index (χ1v) is 17.0. The molecular formula is C37H42N8O5. The Labute approximate surface area is 290 Å². The lowest BCUT2D eigenvalue weighted by Gasteiger charge is -2.28. The van der Waals surface area contributed by atoms with Gasteiger partial charge in [0.15, 0.2) is 29.0 Å². The van der Waals surface area contributed by atoms with Gasteiger partial charge < -0.3 is 36.0 Å². The zero-order valence-electron chi connectivity index (χ0n) is 27.6. The third-order valence-corrected chi connectivity index (χ3v) is 9.47. The largest absolute Gasteiger partial charge is 0.394 e. The summed E-state index contributed by atoms with van der Waals surface area (Å²) in [4.78, 5) is 29.2. The zero-order chi connectivity index (χ0) is 34.5. The fraction of sp³-hybridized carbons (Fsp3) is 0.351. The number of ether oxygens (including phenoxy) is 1. The van der Waals surface area contributed by atoms with E-state index >= 15 is 0 Å². The summed E-state index contributed by atoms with van der Waals surface area (Å²) in [6, 6.07) is 28.5. The molecule has 0 bridgehead atoms. The lowest BCUT2D eigenvalue weighted by Crippen LogP contribution is -2.41. The van der Waals surface area contributed by atoms with E-state index in [1.54, 1.807) is 0 Å². The average molecular weight is 679 g/mol. The average Bonchev–Trinajstić information content (AvgIpc) is 3.71. The van der Waals surface area contributed by atoms with Crippen molar-refractivity contribution in [3.8, 4) is 0 Å². The van der Waals surface area contributed by atoms with Crippen molar-refractivity contribution in [2.24, 2.45) is 0 Å². The fourth-order valence-electron chi connectivity index (χ4n) is 6.75. The van der Waals surface area contributed by atoms with Crippen molar-refractivity contribution in [3.63, 3.8) is 0 Å². The number of carbonyl (C=O) groups is 1. The van der Waals surface area contributed by atoms with Crippen molar-refractivity contribution >= 4 is 23.0 Å². The van der Waals surface area contributed by atoms with Gasteiger partial charge in [0.2, 0.25) is 0 Å². The summed E-state index contributed by atoms with van der Waals surface area (Å²) >= 11 is 0. The molecule has 4 heterocycles. The van der Waals surface area contributed by atoms with E-state index in [1.165, 1.54) is 22.0 Å². The minimum absolute atomic E-state index is 0.00863. The second kappa shape index (κ2) is 15.3. The van der Waals surface area contributed by atoms with Crippen molar-refractivity contribution in [1.29, 1.82) is 0 Å². The van der Waals surface area contributed by atoms with Crippen LogP contribution in [0.25, 0.3) is 11.2 Å². The minimum Gasteiger partial charge on any atom is -0.394 e. The van der Waals surface area contributed by atoms with Crippen molar-refractivity contribution in [3.05, 3.63) is 119 Å². The minimum atomic E-state index is -1.32. The Morgan fingerprint density at radius 1 is 0.900 bits per heavy atom. The SMILES string of the molecule is O=C(NCCN1CCc2ccccc2C1)NCc1nc(NCC(c2ccccc2)c2ccccc2)c2ncn(C3OC(CO)C(O)C3O)c2n1. The maximum Gasteiger partial charge on any atom is 0.315 e. The quantitative estimate of drug-likeness (QED) is 0.115. The first-order chi connectivity index (χ1) is 24.5. The zero-order valence-corrected chi connectivity index (χ0v) is 27.6. The third kappa shape index (κ3) is 7.32. The van der Waals surface area contributed by atoms with Gasteiger partial charge in [0, 0.05) is 38.6 Å². The number of rotatable bonds is 12. The highest BCUT2D eigenvalue weighted by atomic mass is 16.6. The van der Waals surface area contributed by atoms with Crippen LogP contribution in [0.5, 0.6) is 0 Å². The topological polar surface area (TPSA) is 170 Å². The van der Waals surface area contributed by atoms with Crippen molar-refractivity contribution < 1.29 is 24.9 Å². The molecule has 1 saturated heterocycles. The molecule has 7 rings (SSSR count). The fourth-order valence-corrected chi connectivity index (χ4v) is 6.75. The van der Waals surface area contributed by atoms with Crippen LogP contribution >= 0.6 is 0 Å². The lowest BCUT2D eigenvalue weighted by molar-refractivity contribution is -0.0511. The van der Waals surface area contributed by atoms with Crippen molar-refractivity contribution in [2.75, 3.05) is 38.1 Å². The monoisotopic (exact) mass is 678 g/mol. The van der Waals surface area contributed by atoms with Gasteiger partial charge in [0.05, 0.1) is 19.5 Å². The summed E-state index contributed by atoms with van der Waals surface area (Å²) < 4.78 is 7.33. The Hall–Kier alpha value is -4.92. The highest BCUT2D eigenvalue weighted by Gasteiger charge is 2.44. The molecule has 2 aliphatic rings. The van der Waals surface area contributed by atoms with Gasteiger partial charge in [-0.15, -0.1) is 0 Å². The summed E-state index contributed by atoms with van der Waals surface area (Å²) in [5.74, 6) is 0.748. The molecule has 1 fully saturated rings. The van der Waals surface area contributed by atoms with E-state index in [0.29, 0.717) is 35.9 Å². The first-order valence-electron chi connectivity index (χ1n) is 17.0. The van der Waals surface area contributed by atoms with Gasteiger partial charge in [0.1, 0.15) is 18.3 Å². The van der Waals surface area contributed by atoms with E-state index < -0.39 is 31.1 Å². The Bertz CT molecular complexity index is 1850. The van der Waals surface area contributed by atoms with E-state index in [4.69, 9.17) is 14.7 Å². The van der Waals surface area contributed by atoms with E-state index in [2.05, 4.69) is 74.4 Å². The first kappa shape index (κ1) is 33.6. The number of carbonyl (C=O) groups excluding carboxylic acids is 1. The summed E-state index contributed by atoms with van der Waals surface area (Å²) in [7, 11) is 0. The van der Waals surface area contributed by atoms with Crippen LogP contribution in [0.1, 0.15) is 40.2 Å². The summed E-state index contributed by atoms with van der Waals surface area (Å²) in [5, 5.41) is 40.2. The molecule has 50 heavy (non-hydrogen) atoms. The number of anilines is 1. The molecule has 4 atom stereocenters. The molecular weight excluding hydrogens is 636 g/mol. The molecule has 3 aromatic carbocycles. The number of imidazole rings is 1. The Morgan fingerprint density at radius 3 is 2.30 bits per heavy atom. The predicted octanol–water partition coefficient (Wildman–Crippen LogP) is 2.54. The van der Waals surface area contributed by atoms with Crippen LogP contribution in [0.15, 0.2) is 91.3 Å². The highest BCUT2D eigenvalue weighted by molar-refractivity contribution is 5.83. The van der Waals surface area contributed by atoms with Gasteiger partial charge in [0.25, 0.3) is 0 Å². The molecule has 2 amide bonds. The molecule has 2 aliphatic heterocycles. The normalized spacial score (nSPS) is 20.6. The van der Waals surface area contributed by atoms with Crippen LogP contribution in [0, 0.1) is 0 Å². The van der Waals surface area contributed by atoms with Crippen LogP contribution in [-0.4, -0.2) is 96.9 Å². The van der Waals surface area contributed by atoms with Crippen LogP contribution in [0.3, 0.4) is 0 Å². The van der Waals surface area contributed by atoms with Crippen LogP contribution in [0.2, 0.25) is 0 Å². The number of nitrogens with zero attached hydrogens (tertiary/aromatic N) is 5. The molecule has 260 valence electrons. The van der Waals surface area contributed by atoms with Crippen molar-refractivity contribution in [2.45, 2.75) is 50.0 Å². The molecule has 0 aliphatic carbocycles. The van der Waals surface area contributed by atoms with Gasteiger partial charge in [-0.2, -0.15) is 0 Å².